The minimum absolute atomic E-state index is 0.0887. The van der Waals surface area contributed by atoms with Crippen molar-refractivity contribution in [2.75, 3.05) is 0 Å². The van der Waals surface area contributed by atoms with Gasteiger partial charge in [0.2, 0.25) is 0 Å². The van der Waals surface area contributed by atoms with Crippen molar-refractivity contribution in [3.63, 3.8) is 0 Å². The van der Waals surface area contributed by atoms with E-state index in [-0.39, 0.29) is 30.0 Å². The third-order valence-corrected chi connectivity index (χ3v) is 7.09. The number of nitrogens with one attached hydrogen (secondary N) is 1. The van der Waals surface area contributed by atoms with E-state index in [9.17, 15) is 18.4 Å². The molecule has 0 fully saturated rings. The Balaban J connectivity index is 1.43. The van der Waals surface area contributed by atoms with Crippen LogP contribution in [0.15, 0.2) is 66.7 Å². The number of benzene rings is 3. The summed E-state index contributed by atoms with van der Waals surface area (Å²) in [6.45, 7) is 0. The van der Waals surface area contributed by atoms with Crippen LogP contribution in [0.25, 0.3) is 22.2 Å². The number of halogens is 2. The SMILES string of the molecule is O=C(O)CCCCc1cc2cc(C(=O)N[C@H]3CCCc4ccc(F)cc43)ccc2nc1-c1ccc(F)cc1. The molecule has 1 atom stereocenters. The van der Waals surface area contributed by atoms with Gasteiger partial charge < -0.3 is 10.4 Å². The maximum atomic E-state index is 13.9. The first-order chi connectivity index (χ1) is 18.4. The number of aryl methyl sites for hydroxylation is 2. The van der Waals surface area contributed by atoms with Gasteiger partial charge in [-0.1, -0.05) is 6.07 Å². The van der Waals surface area contributed by atoms with E-state index in [2.05, 4.69) is 5.32 Å². The van der Waals surface area contributed by atoms with Crippen molar-refractivity contribution in [1.29, 1.82) is 0 Å². The molecular weight excluding hydrogens is 486 g/mol. The fourth-order valence-electron chi connectivity index (χ4n) is 5.16. The summed E-state index contributed by atoms with van der Waals surface area (Å²) in [4.78, 5) is 29.0. The molecule has 194 valence electrons. The van der Waals surface area contributed by atoms with Gasteiger partial charge in [0.25, 0.3) is 5.91 Å². The Morgan fingerprint density at radius 2 is 1.74 bits per heavy atom. The van der Waals surface area contributed by atoms with Gasteiger partial charge in [0.05, 0.1) is 17.3 Å². The third kappa shape index (κ3) is 5.72. The van der Waals surface area contributed by atoms with Crippen LogP contribution in [0.1, 0.15) is 65.2 Å². The Hall–Kier alpha value is -4.13. The van der Waals surface area contributed by atoms with E-state index in [0.717, 1.165) is 46.9 Å². The summed E-state index contributed by atoms with van der Waals surface area (Å²) in [7, 11) is 0. The summed E-state index contributed by atoms with van der Waals surface area (Å²) < 4.78 is 27.4. The van der Waals surface area contributed by atoms with Crippen LogP contribution in [0.5, 0.6) is 0 Å². The molecule has 0 spiro atoms. The van der Waals surface area contributed by atoms with Crippen LogP contribution < -0.4 is 5.32 Å². The molecule has 0 bridgehead atoms. The molecule has 4 aromatic rings. The van der Waals surface area contributed by atoms with E-state index in [4.69, 9.17) is 10.1 Å². The van der Waals surface area contributed by atoms with Crippen LogP contribution in [0.3, 0.4) is 0 Å². The predicted molar refractivity (Wildman–Crippen MR) is 142 cm³/mol. The molecule has 3 aromatic carbocycles. The first-order valence-corrected chi connectivity index (χ1v) is 12.9. The van der Waals surface area contributed by atoms with Gasteiger partial charge in [0.1, 0.15) is 11.6 Å². The van der Waals surface area contributed by atoms with Crippen molar-refractivity contribution in [1.82, 2.24) is 10.3 Å². The molecule has 1 amide bonds. The van der Waals surface area contributed by atoms with E-state index in [1.54, 1.807) is 36.4 Å². The van der Waals surface area contributed by atoms with Gasteiger partial charge in [0.15, 0.2) is 0 Å². The summed E-state index contributed by atoms with van der Waals surface area (Å²) in [6, 6.07) is 17.9. The van der Waals surface area contributed by atoms with Crippen LogP contribution in [0, 0.1) is 11.6 Å². The Morgan fingerprint density at radius 1 is 0.947 bits per heavy atom. The van der Waals surface area contributed by atoms with Gasteiger partial charge in [-0.15, -0.1) is 0 Å². The molecule has 0 aliphatic heterocycles. The number of pyridine rings is 1. The fourth-order valence-corrected chi connectivity index (χ4v) is 5.16. The minimum atomic E-state index is -0.834. The Bertz CT molecular complexity index is 1500. The second-order valence-electron chi connectivity index (χ2n) is 9.77. The summed E-state index contributed by atoms with van der Waals surface area (Å²) in [5.74, 6) is -1.72. The molecule has 1 aliphatic carbocycles. The summed E-state index contributed by atoms with van der Waals surface area (Å²) in [6.07, 6.45) is 4.42. The number of aliphatic carboxylic acids is 1. The molecule has 0 radical (unpaired) electrons. The van der Waals surface area contributed by atoms with Crippen LogP contribution in [0.4, 0.5) is 8.78 Å². The molecule has 1 heterocycles. The number of rotatable bonds is 8. The van der Waals surface area contributed by atoms with Gasteiger partial charge >= 0.3 is 5.97 Å². The number of aromatic nitrogens is 1. The number of amides is 1. The lowest BCUT2D eigenvalue weighted by molar-refractivity contribution is -0.137. The van der Waals surface area contributed by atoms with Gasteiger partial charge in [-0.05, 0) is 116 Å². The number of carboxylic acid groups (broad SMARTS) is 1. The highest BCUT2D eigenvalue weighted by Crippen LogP contribution is 2.31. The Labute approximate surface area is 219 Å². The third-order valence-electron chi connectivity index (χ3n) is 7.09. The molecule has 38 heavy (non-hydrogen) atoms. The van der Waals surface area contributed by atoms with Crippen LogP contribution in [-0.2, 0) is 17.6 Å². The van der Waals surface area contributed by atoms with Gasteiger partial charge in [-0.3, -0.25) is 9.59 Å². The molecule has 0 unspecified atom stereocenters. The predicted octanol–water partition coefficient (Wildman–Crippen LogP) is 6.78. The van der Waals surface area contributed by atoms with Crippen LogP contribution in [-0.4, -0.2) is 22.0 Å². The molecule has 7 heteroatoms. The Kier molecular flexibility index (Phi) is 7.45. The van der Waals surface area contributed by atoms with Gasteiger partial charge in [-0.25, -0.2) is 13.8 Å². The number of unbranched alkanes of at least 4 members (excludes halogenated alkanes) is 1. The number of carbonyl (C=O) groups excluding carboxylic acids is 1. The van der Waals surface area contributed by atoms with Gasteiger partial charge in [-0.2, -0.15) is 0 Å². The van der Waals surface area contributed by atoms with Crippen molar-refractivity contribution in [2.24, 2.45) is 0 Å². The lowest BCUT2D eigenvalue weighted by Crippen LogP contribution is -2.31. The zero-order valence-electron chi connectivity index (χ0n) is 20.8. The lowest BCUT2D eigenvalue weighted by atomic mass is 9.87. The maximum Gasteiger partial charge on any atom is 0.303 e. The quantitative estimate of drug-likeness (QED) is 0.254. The van der Waals surface area contributed by atoms with E-state index < -0.39 is 5.97 Å². The van der Waals surface area contributed by atoms with Crippen molar-refractivity contribution in [3.05, 3.63) is 101 Å². The first kappa shape index (κ1) is 25.5. The van der Waals surface area contributed by atoms with Gasteiger partial charge in [0, 0.05) is 22.9 Å². The molecule has 0 saturated heterocycles. The largest absolute Gasteiger partial charge is 0.481 e. The molecular formula is C31H28F2N2O3. The highest BCUT2D eigenvalue weighted by atomic mass is 19.1. The summed E-state index contributed by atoms with van der Waals surface area (Å²) in [5.41, 5.74) is 5.46. The average molecular weight is 515 g/mol. The topological polar surface area (TPSA) is 79.3 Å². The van der Waals surface area contributed by atoms with Crippen molar-refractivity contribution in [2.45, 2.75) is 51.0 Å². The smallest absolute Gasteiger partial charge is 0.303 e. The van der Waals surface area contributed by atoms with Crippen LogP contribution in [0.2, 0.25) is 0 Å². The first-order valence-electron chi connectivity index (χ1n) is 12.9. The highest BCUT2D eigenvalue weighted by molar-refractivity contribution is 5.98. The molecule has 1 aliphatic rings. The number of hydrogen-bond acceptors (Lipinski definition) is 3. The average Bonchev–Trinajstić information content (AvgIpc) is 2.91. The molecule has 2 N–H and O–H groups in total. The minimum Gasteiger partial charge on any atom is -0.481 e. The highest BCUT2D eigenvalue weighted by Gasteiger charge is 2.23. The summed E-state index contributed by atoms with van der Waals surface area (Å²) in [5, 5.41) is 12.8. The lowest BCUT2D eigenvalue weighted by Gasteiger charge is -2.26. The molecule has 5 rings (SSSR count). The second-order valence-corrected chi connectivity index (χ2v) is 9.77. The number of carboxylic acids is 1. The standard InChI is InChI=1S/C31H28F2N2O3/c32-24-12-9-20(10-13-24)30-21(4-1-2-7-29(36)37)16-23-17-22(11-15-27(23)34-30)31(38)35-28-6-3-5-19-8-14-25(33)18-26(19)28/h8-18,28H,1-7H2,(H,35,38)(H,36,37)/t28-/m0/s1. The van der Waals surface area contributed by atoms with E-state index >= 15 is 0 Å². The number of nitrogens with zero attached hydrogens (tertiary/aromatic N) is 1. The molecule has 1 aromatic heterocycles. The molecule has 5 nitrogen and oxygen atoms in total. The van der Waals surface area contributed by atoms with Crippen molar-refractivity contribution in [3.8, 4) is 11.3 Å². The normalized spacial score (nSPS) is 14.7. The number of hydrogen-bond donors (Lipinski definition) is 2. The fraction of sp³-hybridized carbons (Fsp3) is 0.258. The zero-order chi connectivity index (χ0) is 26.6. The number of fused-ring (bicyclic) bond motifs is 2. The number of carbonyl (C=O) groups is 2. The Morgan fingerprint density at radius 3 is 2.53 bits per heavy atom. The zero-order valence-corrected chi connectivity index (χ0v) is 20.8. The van der Waals surface area contributed by atoms with E-state index in [0.29, 0.717) is 36.0 Å². The van der Waals surface area contributed by atoms with E-state index in [1.165, 1.54) is 24.3 Å². The van der Waals surface area contributed by atoms with E-state index in [1.807, 2.05) is 6.07 Å². The van der Waals surface area contributed by atoms with Crippen molar-refractivity contribution >= 4 is 22.8 Å². The monoisotopic (exact) mass is 514 g/mol. The maximum absolute atomic E-state index is 13.9. The second kappa shape index (κ2) is 11.1. The van der Waals surface area contributed by atoms with Crippen LogP contribution >= 0.6 is 0 Å². The summed E-state index contributed by atoms with van der Waals surface area (Å²) >= 11 is 0. The molecule has 0 saturated carbocycles. The van der Waals surface area contributed by atoms with Crippen molar-refractivity contribution < 1.29 is 23.5 Å².